The molecule has 0 aromatic heterocycles. The summed E-state index contributed by atoms with van der Waals surface area (Å²) >= 11 is 0. The van der Waals surface area contributed by atoms with E-state index in [-0.39, 0.29) is 25.1 Å². The van der Waals surface area contributed by atoms with Crippen molar-refractivity contribution in [3.63, 3.8) is 0 Å². The van der Waals surface area contributed by atoms with Gasteiger partial charge in [-0.2, -0.15) is 0 Å². The first-order chi connectivity index (χ1) is 39.4. The minimum atomic E-state index is -4.45. The van der Waals surface area contributed by atoms with Crippen LogP contribution in [-0.4, -0.2) is 74.3 Å². The van der Waals surface area contributed by atoms with Gasteiger partial charge in [0.15, 0.2) is 0 Å². The number of rotatable bonds is 65. The minimum Gasteiger partial charge on any atom is -0.456 e. The molecule has 9 nitrogen and oxygen atoms in total. The number of esters is 1. The number of quaternary nitrogens is 1. The molecule has 0 aromatic rings. The zero-order valence-electron chi connectivity index (χ0n) is 54.8. The van der Waals surface area contributed by atoms with Gasteiger partial charge >= 0.3 is 13.8 Å². The highest BCUT2D eigenvalue weighted by molar-refractivity contribution is 7.47. The van der Waals surface area contributed by atoms with Crippen molar-refractivity contribution in [1.82, 2.24) is 5.32 Å². The van der Waals surface area contributed by atoms with Gasteiger partial charge in [-0.3, -0.25) is 18.6 Å². The molecule has 0 aliphatic rings. The highest BCUT2D eigenvalue weighted by atomic mass is 31.2. The van der Waals surface area contributed by atoms with E-state index in [1.54, 1.807) is 0 Å². The molecule has 0 rings (SSSR count). The molecule has 0 saturated heterocycles. The Kier molecular flexibility index (Phi) is 60.0. The maximum absolute atomic E-state index is 13.6. The van der Waals surface area contributed by atoms with Crippen molar-refractivity contribution in [2.75, 3.05) is 40.9 Å². The topological polar surface area (TPSA) is 111 Å². The van der Waals surface area contributed by atoms with Crippen molar-refractivity contribution in [2.24, 2.45) is 0 Å². The molecule has 0 spiro atoms. The first kappa shape index (κ1) is 79.2. The smallest absolute Gasteiger partial charge is 0.456 e. The molecule has 0 aliphatic heterocycles. The number of phosphoric ester groups is 1. The van der Waals surface area contributed by atoms with E-state index < -0.39 is 20.0 Å². The van der Waals surface area contributed by atoms with Crippen LogP contribution in [-0.2, 0) is 27.9 Å². The van der Waals surface area contributed by atoms with Gasteiger partial charge in [0.05, 0.1) is 33.8 Å². The van der Waals surface area contributed by atoms with E-state index in [0.717, 1.165) is 77.0 Å². The van der Waals surface area contributed by atoms with Crippen LogP contribution in [0.15, 0.2) is 36.5 Å². The number of hydrogen-bond acceptors (Lipinski definition) is 6. The normalized spacial score (nSPS) is 13.7. The Morgan fingerprint density at radius 3 is 1.14 bits per heavy atom. The van der Waals surface area contributed by atoms with Crippen molar-refractivity contribution in [1.29, 1.82) is 0 Å². The Balaban J connectivity index is 4.94. The van der Waals surface area contributed by atoms with Gasteiger partial charge in [0.2, 0.25) is 5.91 Å². The second-order valence-electron chi connectivity index (χ2n) is 25.4. The number of nitrogens with one attached hydrogen (secondary N) is 1. The van der Waals surface area contributed by atoms with E-state index in [2.05, 4.69) is 50.4 Å². The van der Waals surface area contributed by atoms with E-state index in [0.29, 0.717) is 23.9 Å². The van der Waals surface area contributed by atoms with Crippen LogP contribution in [0, 0.1) is 0 Å². The van der Waals surface area contributed by atoms with Crippen LogP contribution in [0.4, 0.5) is 0 Å². The number of carbonyl (C=O) groups excluding carboxylic acids is 2. The number of ether oxygens (including phenoxy) is 1. The molecule has 478 valence electrons. The summed E-state index contributed by atoms with van der Waals surface area (Å²) < 4.78 is 30.8. The SMILES string of the molecule is CCCCC/C=C\C/C=C\CCCCCCCCCC(=O)NC(COP(=O)(O)OCC[N+](C)(C)C)C(/C=C\CCCCCCCCCCC)OC(=O)CCCCCCCCCCCCCCCCCCCCCCCCCCCCC. The van der Waals surface area contributed by atoms with Crippen LogP contribution in [0.25, 0.3) is 0 Å². The molecule has 2 N–H and O–H groups in total. The third-order valence-electron chi connectivity index (χ3n) is 16.1. The van der Waals surface area contributed by atoms with Crippen LogP contribution >= 0.6 is 7.82 Å². The van der Waals surface area contributed by atoms with Gasteiger partial charge < -0.3 is 19.4 Å². The summed E-state index contributed by atoms with van der Waals surface area (Å²) in [6.07, 6.45) is 76.0. The quantitative estimate of drug-likeness (QED) is 0.0205. The van der Waals surface area contributed by atoms with Crippen molar-refractivity contribution < 1.29 is 37.3 Å². The largest absolute Gasteiger partial charge is 0.472 e. The third kappa shape index (κ3) is 62.6. The highest BCUT2D eigenvalue weighted by Crippen LogP contribution is 2.43. The standard InChI is InChI=1S/C71H137N2O7P/c1-7-10-13-16-19-22-25-27-29-31-32-33-34-35-36-37-38-39-40-42-44-46-49-52-55-58-61-64-71(75)80-69(62-59-56-53-50-47-24-21-18-15-12-9-3)68(67-79-81(76,77)78-66-65-73(4,5)6)72-70(74)63-60-57-54-51-48-45-43-41-30-28-26-23-20-17-14-11-8-2/h20,23,28,30,59,62,68-69H,7-19,21-22,24-27,29,31-58,60-61,63-67H2,1-6H3,(H-,72,74,76,77)/p+1/b23-20-,30-28-,62-59-. The van der Waals surface area contributed by atoms with Crippen LogP contribution < -0.4 is 5.32 Å². The monoisotopic (exact) mass is 1160 g/mol. The average molecular weight is 1160 g/mol. The molecular weight excluding hydrogens is 1020 g/mol. The molecular formula is C71H138N2O7P+. The van der Waals surface area contributed by atoms with E-state index in [9.17, 15) is 19.0 Å². The van der Waals surface area contributed by atoms with E-state index in [4.69, 9.17) is 13.8 Å². The Hall–Kier alpha value is -1.77. The number of allylic oxidation sites excluding steroid dienone is 5. The summed E-state index contributed by atoms with van der Waals surface area (Å²) in [7, 11) is 1.50. The lowest BCUT2D eigenvalue weighted by Gasteiger charge is -2.27. The second kappa shape index (κ2) is 61.3. The van der Waals surface area contributed by atoms with Crippen LogP contribution in [0.2, 0.25) is 0 Å². The van der Waals surface area contributed by atoms with Gasteiger partial charge in [-0.25, -0.2) is 4.57 Å². The summed E-state index contributed by atoms with van der Waals surface area (Å²) in [5.74, 6) is -0.497. The number of likely N-dealkylation sites (N-methyl/N-ethyl adjacent to an activating group) is 1. The number of carbonyl (C=O) groups is 2. The Morgan fingerprint density at radius 1 is 0.432 bits per heavy atom. The molecule has 0 saturated carbocycles. The van der Waals surface area contributed by atoms with Crippen LogP contribution in [0.3, 0.4) is 0 Å². The summed E-state index contributed by atoms with van der Waals surface area (Å²) in [5, 5.41) is 3.06. The molecule has 81 heavy (non-hydrogen) atoms. The molecule has 0 aliphatic carbocycles. The molecule has 3 atom stereocenters. The van der Waals surface area contributed by atoms with Gasteiger partial charge in [0.1, 0.15) is 19.3 Å². The lowest BCUT2D eigenvalue weighted by molar-refractivity contribution is -0.870. The Bertz CT molecular complexity index is 1480. The molecule has 10 heteroatoms. The Labute approximate surface area is 504 Å². The fourth-order valence-electron chi connectivity index (χ4n) is 10.6. The fraction of sp³-hybridized carbons (Fsp3) is 0.887. The summed E-state index contributed by atoms with van der Waals surface area (Å²) in [5.41, 5.74) is 0. The number of unbranched alkanes of at least 4 members (excludes halogenated alkanes) is 45. The molecule has 0 fully saturated rings. The van der Waals surface area contributed by atoms with E-state index in [1.165, 1.54) is 244 Å². The Morgan fingerprint density at radius 2 is 0.753 bits per heavy atom. The van der Waals surface area contributed by atoms with Gasteiger partial charge in [-0.1, -0.05) is 314 Å². The van der Waals surface area contributed by atoms with Gasteiger partial charge in [0.25, 0.3) is 0 Å². The molecule has 3 unspecified atom stereocenters. The fourth-order valence-corrected chi connectivity index (χ4v) is 11.4. The second-order valence-corrected chi connectivity index (χ2v) is 26.9. The van der Waals surface area contributed by atoms with Crippen LogP contribution in [0.5, 0.6) is 0 Å². The molecule has 0 radical (unpaired) electrons. The third-order valence-corrected chi connectivity index (χ3v) is 17.1. The van der Waals surface area contributed by atoms with Crippen LogP contribution in [0.1, 0.15) is 355 Å². The van der Waals surface area contributed by atoms with E-state index >= 15 is 0 Å². The molecule has 1 amide bonds. The van der Waals surface area contributed by atoms with Gasteiger partial charge in [-0.15, -0.1) is 0 Å². The number of amides is 1. The lowest BCUT2D eigenvalue weighted by Crippen LogP contribution is -2.47. The van der Waals surface area contributed by atoms with Crippen molar-refractivity contribution >= 4 is 19.7 Å². The summed E-state index contributed by atoms with van der Waals surface area (Å²) in [4.78, 5) is 37.8. The summed E-state index contributed by atoms with van der Waals surface area (Å²) in [6.45, 7) is 7.03. The number of hydrogen-bond donors (Lipinski definition) is 2. The zero-order valence-corrected chi connectivity index (χ0v) is 55.7. The summed E-state index contributed by atoms with van der Waals surface area (Å²) in [6, 6.07) is -0.849. The predicted molar refractivity (Wildman–Crippen MR) is 351 cm³/mol. The molecule has 0 aromatic carbocycles. The van der Waals surface area contributed by atoms with Crippen molar-refractivity contribution in [3.05, 3.63) is 36.5 Å². The average Bonchev–Trinajstić information content (AvgIpc) is 3.44. The van der Waals surface area contributed by atoms with Crippen molar-refractivity contribution in [2.45, 2.75) is 367 Å². The maximum atomic E-state index is 13.6. The first-order valence-electron chi connectivity index (χ1n) is 35.3. The molecule has 0 bridgehead atoms. The minimum absolute atomic E-state index is 0.0409. The highest BCUT2D eigenvalue weighted by Gasteiger charge is 2.30. The predicted octanol–water partition coefficient (Wildman–Crippen LogP) is 22.2. The first-order valence-corrected chi connectivity index (χ1v) is 36.8. The zero-order chi connectivity index (χ0) is 59.3. The van der Waals surface area contributed by atoms with Gasteiger partial charge in [0, 0.05) is 12.8 Å². The van der Waals surface area contributed by atoms with Crippen molar-refractivity contribution in [3.8, 4) is 0 Å². The lowest BCUT2D eigenvalue weighted by atomic mass is 10.0. The number of nitrogens with zero attached hydrogens (tertiary/aromatic N) is 1. The maximum Gasteiger partial charge on any atom is 0.472 e. The van der Waals surface area contributed by atoms with Gasteiger partial charge in [-0.05, 0) is 63.9 Å². The van der Waals surface area contributed by atoms with E-state index in [1.807, 2.05) is 33.3 Å². The molecule has 0 heterocycles. The number of phosphoric acid groups is 1.